The van der Waals surface area contributed by atoms with Crippen molar-refractivity contribution in [3.8, 4) is 0 Å². The van der Waals surface area contributed by atoms with E-state index in [-0.39, 0.29) is 23.6 Å². The number of furan rings is 1. The number of rotatable bonds is 8. The minimum atomic E-state index is -0.527. The molecule has 6 heteroatoms. The quantitative estimate of drug-likeness (QED) is 0.615. The predicted molar refractivity (Wildman–Crippen MR) is 107 cm³/mol. The van der Waals surface area contributed by atoms with Crippen molar-refractivity contribution in [2.45, 2.75) is 18.4 Å². The van der Waals surface area contributed by atoms with Crippen LogP contribution in [-0.4, -0.2) is 31.4 Å². The first-order valence-electron chi connectivity index (χ1n) is 9.41. The third-order valence-corrected chi connectivity index (χ3v) is 4.91. The zero-order chi connectivity index (χ0) is 20.8. The Bertz CT molecular complexity index is 907. The van der Waals surface area contributed by atoms with Crippen molar-refractivity contribution in [2.24, 2.45) is 0 Å². The van der Waals surface area contributed by atoms with Crippen LogP contribution in [-0.2, 0) is 11.2 Å². The summed E-state index contributed by atoms with van der Waals surface area (Å²) in [6.45, 7) is 0.362. The summed E-state index contributed by atoms with van der Waals surface area (Å²) in [4.78, 5) is 15.0. The highest BCUT2D eigenvalue weighted by molar-refractivity contribution is 5.84. The number of amides is 1. The summed E-state index contributed by atoms with van der Waals surface area (Å²) in [6.07, 6.45) is 1.98. The molecule has 2 atom stereocenters. The van der Waals surface area contributed by atoms with E-state index in [1.54, 1.807) is 30.5 Å². The molecule has 3 rings (SSSR count). The van der Waals surface area contributed by atoms with Gasteiger partial charge in [0.15, 0.2) is 0 Å². The largest absolute Gasteiger partial charge is 0.468 e. The maximum atomic E-state index is 13.4. The predicted octanol–water partition coefficient (Wildman–Crippen LogP) is 4.30. The molecule has 0 radical (unpaired) electrons. The van der Waals surface area contributed by atoms with E-state index in [0.717, 1.165) is 11.3 Å². The molecule has 0 aliphatic heterocycles. The molecule has 0 fully saturated rings. The van der Waals surface area contributed by atoms with Gasteiger partial charge in [0.1, 0.15) is 17.4 Å². The average Bonchev–Trinajstić information content (AvgIpc) is 3.22. The number of halogens is 2. The van der Waals surface area contributed by atoms with Crippen molar-refractivity contribution in [1.29, 1.82) is 0 Å². The van der Waals surface area contributed by atoms with Gasteiger partial charge in [0.25, 0.3) is 0 Å². The van der Waals surface area contributed by atoms with E-state index in [1.165, 1.54) is 24.3 Å². The molecule has 0 spiro atoms. The molecule has 2 aromatic carbocycles. The standard InChI is InChI=1S/C23H24F2N2O2/c1-27(2)21(22-4-3-13-29-22)15-26-23(28)20(17-7-11-19(25)12-8-17)14-16-5-9-18(24)10-6-16/h3-13,20-21H,14-15H2,1-2H3,(H,26,28). The van der Waals surface area contributed by atoms with Crippen LogP contribution in [0.25, 0.3) is 0 Å². The van der Waals surface area contributed by atoms with Crippen LogP contribution in [0.1, 0.15) is 28.8 Å². The molecule has 4 nitrogen and oxygen atoms in total. The average molecular weight is 398 g/mol. The normalized spacial score (nSPS) is 13.3. The number of carbonyl (C=O) groups is 1. The maximum Gasteiger partial charge on any atom is 0.227 e. The van der Waals surface area contributed by atoms with E-state index in [1.807, 2.05) is 31.1 Å². The number of hydrogen-bond acceptors (Lipinski definition) is 3. The van der Waals surface area contributed by atoms with Gasteiger partial charge < -0.3 is 9.73 Å². The zero-order valence-electron chi connectivity index (χ0n) is 16.4. The van der Waals surface area contributed by atoms with Crippen molar-refractivity contribution in [3.05, 3.63) is 95.4 Å². The van der Waals surface area contributed by atoms with Crippen LogP contribution < -0.4 is 5.32 Å². The smallest absolute Gasteiger partial charge is 0.227 e. The number of nitrogens with zero attached hydrogens (tertiary/aromatic N) is 1. The molecule has 1 N–H and O–H groups in total. The Morgan fingerprint density at radius 1 is 1.00 bits per heavy atom. The van der Waals surface area contributed by atoms with Gasteiger partial charge in [-0.1, -0.05) is 24.3 Å². The summed E-state index contributed by atoms with van der Waals surface area (Å²) in [6, 6.07) is 15.5. The highest BCUT2D eigenvalue weighted by Crippen LogP contribution is 2.23. The van der Waals surface area contributed by atoms with E-state index in [0.29, 0.717) is 18.5 Å². The highest BCUT2D eigenvalue weighted by atomic mass is 19.1. The Morgan fingerprint density at radius 3 is 2.17 bits per heavy atom. The van der Waals surface area contributed by atoms with Gasteiger partial charge in [0, 0.05) is 6.54 Å². The first-order valence-corrected chi connectivity index (χ1v) is 9.41. The summed E-state index contributed by atoms with van der Waals surface area (Å²) in [7, 11) is 3.82. The zero-order valence-corrected chi connectivity index (χ0v) is 16.4. The van der Waals surface area contributed by atoms with Crippen LogP contribution >= 0.6 is 0 Å². The fourth-order valence-corrected chi connectivity index (χ4v) is 3.25. The van der Waals surface area contributed by atoms with Crippen LogP contribution in [0.5, 0.6) is 0 Å². The van der Waals surface area contributed by atoms with Crippen LogP contribution in [0, 0.1) is 11.6 Å². The minimum Gasteiger partial charge on any atom is -0.468 e. The van der Waals surface area contributed by atoms with Gasteiger partial charge >= 0.3 is 0 Å². The second-order valence-electron chi connectivity index (χ2n) is 7.17. The summed E-state index contributed by atoms with van der Waals surface area (Å²) in [5, 5.41) is 2.99. The van der Waals surface area contributed by atoms with Gasteiger partial charge in [0.2, 0.25) is 5.91 Å². The third-order valence-electron chi connectivity index (χ3n) is 4.91. The van der Waals surface area contributed by atoms with Crippen molar-refractivity contribution < 1.29 is 18.0 Å². The van der Waals surface area contributed by atoms with Crippen molar-refractivity contribution >= 4 is 5.91 Å². The lowest BCUT2D eigenvalue weighted by Crippen LogP contribution is -2.37. The van der Waals surface area contributed by atoms with E-state index in [2.05, 4.69) is 5.32 Å². The van der Waals surface area contributed by atoms with Crippen LogP contribution in [0.15, 0.2) is 71.3 Å². The first-order chi connectivity index (χ1) is 13.9. The Balaban J connectivity index is 1.78. The van der Waals surface area contributed by atoms with Crippen molar-refractivity contribution in [1.82, 2.24) is 10.2 Å². The lowest BCUT2D eigenvalue weighted by atomic mass is 9.91. The minimum absolute atomic E-state index is 0.117. The van der Waals surface area contributed by atoms with Crippen LogP contribution in [0.2, 0.25) is 0 Å². The molecule has 152 valence electrons. The lowest BCUT2D eigenvalue weighted by molar-refractivity contribution is -0.122. The molecule has 29 heavy (non-hydrogen) atoms. The fraction of sp³-hybridized carbons (Fsp3) is 0.261. The molecule has 1 heterocycles. The number of benzene rings is 2. The van der Waals surface area contributed by atoms with E-state index in [9.17, 15) is 13.6 Å². The molecule has 0 bridgehead atoms. The molecular weight excluding hydrogens is 374 g/mol. The van der Waals surface area contributed by atoms with E-state index < -0.39 is 5.92 Å². The second-order valence-corrected chi connectivity index (χ2v) is 7.17. The molecule has 0 aliphatic rings. The summed E-state index contributed by atoms with van der Waals surface area (Å²) in [5.74, 6) is -0.643. The third kappa shape index (κ3) is 5.51. The molecule has 0 aliphatic carbocycles. The Hall–Kier alpha value is -2.99. The van der Waals surface area contributed by atoms with Crippen LogP contribution in [0.4, 0.5) is 8.78 Å². The van der Waals surface area contributed by atoms with E-state index in [4.69, 9.17) is 4.42 Å². The van der Waals surface area contributed by atoms with Gasteiger partial charge in [-0.05, 0) is 68.0 Å². The Labute approximate surface area is 169 Å². The number of likely N-dealkylation sites (N-methyl/N-ethyl adjacent to an activating group) is 1. The van der Waals surface area contributed by atoms with Gasteiger partial charge in [-0.25, -0.2) is 8.78 Å². The SMILES string of the molecule is CN(C)C(CNC(=O)C(Cc1ccc(F)cc1)c1ccc(F)cc1)c1ccco1. The van der Waals surface area contributed by atoms with Crippen molar-refractivity contribution in [2.75, 3.05) is 20.6 Å². The Morgan fingerprint density at radius 2 is 1.62 bits per heavy atom. The Kier molecular flexibility index (Phi) is 6.77. The molecular formula is C23H24F2N2O2. The maximum absolute atomic E-state index is 13.4. The van der Waals surface area contributed by atoms with Gasteiger partial charge in [-0.15, -0.1) is 0 Å². The number of carbonyl (C=O) groups excluding carboxylic acids is 1. The topological polar surface area (TPSA) is 45.5 Å². The van der Waals surface area contributed by atoms with Gasteiger partial charge in [-0.2, -0.15) is 0 Å². The monoisotopic (exact) mass is 398 g/mol. The molecule has 1 amide bonds. The second kappa shape index (κ2) is 9.47. The van der Waals surface area contributed by atoms with E-state index >= 15 is 0 Å². The summed E-state index contributed by atoms with van der Waals surface area (Å²) < 4.78 is 32.1. The number of nitrogens with one attached hydrogen (secondary N) is 1. The highest BCUT2D eigenvalue weighted by Gasteiger charge is 2.24. The molecule has 3 aromatic rings. The van der Waals surface area contributed by atoms with Gasteiger partial charge in [0.05, 0.1) is 18.2 Å². The molecule has 0 saturated heterocycles. The summed E-state index contributed by atoms with van der Waals surface area (Å²) >= 11 is 0. The fourth-order valence-electron chi connectivity index (χ4n) is 3.25. The molecule has 2 unspecified atom stereocenters. The van der Waals surface area contributed by atoms with Crippen LogP contribution in [0.3, 0.4) is 0 Å². The first kappa shape index (κ1) is 20.7. The summed E-state index contributed by atoms with van der Waals surface area (Å²) in [5.41, 5.74) is 1.53. The number of hydrogen-bond donors (Lipinski definition) is 1. The van der Waals surface area contributed by atoms with Gasteiger partial charge in [-0.3, -0.25) is 9.69 Å². The lowest BCUT2D eigenvalue weighted by Gasteiger charge is -2.24. The van der Waals surface area contributed by atoms with Crippen molar-refractivity contribution in [3.63, 3.8) is 0 Å². The molecule has 1 aromatic heterocycles. The molecule has 0 saturated carbocycles.